The van der Waals surface area contributed by atoms with E-state index in [1.54, 1.807) is 20.7 Å². The molecule has 8 heteroatoms. The van der Waals surface area contributed by atoms with Crippen molar-refractivity contribution in [2.45, 2.75) is 220 Å². The highest BCUT2D eigenvalue weighted by molar-refractivity contribution is 6.90. The third-order valence-corrected chi connectivity index (χ3v) is 26.5. The van der Waals surface area contributed by atoms with Crippen LogP contribution in [0.4, 0.5) is 0 Å². The fraction of sp³-hybridized carbons (Fsp3) is 0.463. The summed E-state index contributed by atoms with van der Waals surface area (Å²) < 4.78 is 9.24. The van der Waals surface area contributed by atoms with Crippen LogP contribution in [0.25, 0.3) is 45.0 Å². The third-order valence-electron chi connectivity index (χ3n) is 18.0. The Morgan fingerprint density at radius 3 is 1.06 bits per heavy atom. The molecule has 0 bridgehead atoms. The van der Waals surface area contributed by atoms with Gasteiger partial charge in [-0.05, 0) is 170 Å². The first-order valence-corrected chi connectivity index (χ1v) is 47.7. The van der Waals surface area contributed by atoms with Crippen molar-refractivity contribution in [2.24, 2.45) is 34.1 Å². The Morgan fingerprint density at radius 1 is 0.344 bits per heavy atom. The molecule has 4 nitrogen and oxygen atoms in total. The Balaban J connectivity index is 0.000000218. The van der Waals surface area contributed by atoms with Crippen LogP contribution in [-0.4, -0.2) is 32.3 Å². The van der Waals surface area contributed by atoms with Crippen molar-refractivity contribution < 1.29 is 18.3 Å². The number of rotatable bonds is 12. The summed E-state index contributed by atoms with van der Waals surface area (Å²) in [5.74, 6) is 1.85. The van der Waals surface area contributed by atoms with Gasteiger partial charge in [0.25, 0.3) is 0 Å². The van der Waals surface area contributed by atoms with E-state index in [9.17, 15) is 0 Å². The van der Waals surface area contributed by atoms with E-state index in [1.165, 1.54) is 112 Å². The fourth-order valence-corrected chi connectivity index (χ4v) is 20.1. The zero-order chi connectivity index (χ0) is 68.2. The third kappa shape index (κ3) is 19.2. The summed E-state index contributed by atoms with van der Waals surface area (Å²) in [6.07, 6.45) is 10.6. The monoisotopic (exact) mass is 1280 g/mol. The van der Waals surface area contributed by atoms with Crippen molar-refractivity contribution >= 4 is 53.0 Å². The second-order valence-corrected chi connectivity index (χ2v) is 53.1. The highest BCUT2D eigenvalue weighted by Crippen LogP contribution is 2.31. The van der Waals surface area contributed by atoms with Crippen LogP contribution in [0.3, 0.4) is 0 Å². The van der Waals surface area contributed by atoms with E-state index in [2.05, 4.69) is 365 Å². The lowest BCUT2D eigenvalue weighted by atomic mass is 9.85. The maximum atomic E-state index is 2.44. The van der Waals surface area contributed by atoms with Gasteiger partial charge in [0.1, 0.15) is 28.2 Å². The molecular formula is C82H124N4Si4+4. The molecule has 90 heavy (non-hydrogen) atoms. The minimum Gasteiger partial charge on any atom is -0.201 e. The zero-order valence-corrected chi connectivity index (χ0v) is 67.3. The van der Waals surface area contributed by atoms with Crippen LogP contribution in [-0.2, 0) is 40.0 Å². The van der Waals surface area contributed by atoms with E-state index >= 15 is 0 Å². The van der Waals surface area contributed by atoms with Gasteiger partial charge in [0.15, 0.2) is 24.8 Å². The number of benzene rings is 4. The molecule has 0 N–H and O–H groups in total. The van der Waals surface area contributed by atoms with Gasteiger partial charge in [-0.25, -0.2) is 18.3 Å². The second kappa shape index (κ2) is 29.5. The Labute approximate surface area is 555 Å². The molecule has 8 rings (SSSR count). The Morgan fingerprint density at radius 2 is 0.711 bits per heavy atom. The number of hydrogen-bond acceptors (Lipinski definition) is 0. The lowest BCUT2D eigenvalue weighted by Crippen LogP contribution is -2.47. The predicted octanol–water partition coefficient (Wildman–Crippen LogP) is 18.1. The number of aromatic nitrogens is 4. The number of aryl methyl sites for hydroxylation is 12. The smallest absolute Gasteiger partial charge is 0.201 e. The molecule has 0 aliphatic heterocycles. The van der Waals surface area contributed by atoms with Gasteiger partial charge in [0, 0.05) is 67.3 Å². The molecule has 4 aromatic heterocycles. The van der Waals surface area contributed by atoms with Crippen LogP contribution in [0.15, 0.2) is 122 Å². The van der Waals surface area contributed by atoms with Crippen LogP contribution in [0.5, 0.6) is 0 Å². The highest BCUT2D eigenvalue weighted by atomic mass is 28.3. The van der Waals surface area contributed by atoms with E-state index in [1.807, 2.05) is 0 Å². The lowest BCUT2D eigenvalue weighted by Gasteiger charge is -2.22. The first kappa shape index (κ1) is 75.1. The van der Waals surface area contributed by atoms with Crippen molar-refractivity contribution in [1.82, 2.24) is 0 Å². The molecule has 0 atom stereocenters. The van der Waals surface area contributed by atoms with E-state index < -0.39 is 32.3 Å². The summed E-state index contributed by atoms with van der Waals surface area (Å²) >= 11 is 0. The van der Waals surface area contributed by atoms with Crippen molar-refractivity contribution in [1.29, 1.82) is 0 Å². The fourth-order valence-electron chi connectivity index (χ4n) is 12.8. The number of pyridine rings is 4. The van der Waals surface area contributed by atoms with Crippen LogP contribution >= 0.6 is 0 Å². The number of nitrogens with zero attached hydrogens (tertiary/aromatic N) is 4. The van der Waals surface area contributed by atoms with Crippen LogP contribution in [0.1, 0.15) is 141 Å². The molecule has 0 radical (unpaired) electrons. The van der Waals surface area contributed by atoms with Crippen molar-refractivity contribution in [3.8, 4) is 45.0 Å². The first-order chi connectivity index (χ1) is 41.2. The van der Waals surface area contributed by atoms with Gasteiger partial charge in [0.2, 0.25) is 22.8 Å². The van der Waals surface area contributed by atoms with Crippen molar-refractivity contribution in [3.05, 3.63) is 189 Å². The van der Waals surface area contributed by atoms with Gasteiger partial charge in [-0.1, -0.05) is 195 Å². The molecular weight excluding hydrogens is 1150 g/mol. The molecule has 0 spiro atoms. The second-order valence-electron chi connectivity index (χ2n) is 33.0. The quantitative estimate of drug-likeness (QED) is 0.0856. The van der Waals surface area contributed by atoms with Crippen molar-refractivity contribution in [3.63, 3.8) is 0 Å². The zero-order valence-electron chi connectivity index (χ0n) is 63.3. The minimum atomic E-state index is -1.34. The van der Waals surface area contributed by atoms with Crippen LogP contribution in [0.2, 0.25) is 78.6 Å². The van der Waals surface area contributed by atoms with Gasteiger partial charge in [-0.15, -0.1) is 0 Å². The maximum Gasteiger partial charge on any atom is 0.212 e. The van der Waals surface area contributed by atoms with E-state index in [4.69, 9.17) is 0 Å². The molecule has 0 unspecified atom stereocenters. The SMILES string of the molecule is Cc1cc(C(C)(C)C)ccc1-c1cc(C)c([Si](C)(C)C)c[n+]1C.Cc1cc(C(C)C)ccc1-c1cc(C)c([Si](C)(C)C)c[n+]1C.Cc1cc(CC(C)C)ccc1-c1cc(C)c([Si](C)(C)C)c[n+]1C.Cc1ccc(C)c(-c2cc(C(C)C)c([Si](C)(C)C)c[n+]2C)c1. The minimum absolute atomic E-state index is 0.198. The average molecular weight is 1280 g/mol. The molecule has 0 amide bonds. The summed E-state index contributed by atoms with van der Waals surface area (Å²) in [7, 11) is 3.49. The highest BCUT2D eigenvalue weighted by Gasteiger charge is 2.30. The maximum absolute atomic E-state index is 2.44. The molecule has 0 aliphatic carbocycles. The van der Waals surface area contributed by atoms with Gasteiger partial charge in [-0.2, -0.15) is 0 Å². The Hall–Kier alpha value is -5.65. The normalized spacial score (nSPS) is 12.2. The largest absolute Gasteiger partial charge is 0.212 e. The molecule has 484 valence electrons. The van der Waals surface area contributed by atoms with E-state index in [0.29, 0.717) is 17.8 Å². The standard InChI is InChI=1S/2C21H32NSi.2C20H30NSi/c1-15-12-17(21(3,4)5)10-11-18(15)19-13-16(2)20(14-22(19)6)23(7,8)9;1-15(2)11-18-9-10-19(16(3)12-18)20-13-17(4)21(14-22(20)5)23(6,7)8;1-14(2)17-9-10-18(15(3)11-17)19-12-16(4)20(13-21(19)5)22(6,7)8;1-14(2)17-12-19(18-11-15(3)9-10-16(18)4)21(5)13-20(17)22(6,7)8/h10-14H,1-9H3;9-10,12-15H,11H2,1-8H3;2*9-14H,1-8H3/q4*+1. The summed E-state index contributed by atoms with van der Waals surface area (Å²) in [4.78, 5) is 0. The van der Waals surface area contributed by atoms with Gasteiger partial charge in [-0.3, -0.25) is 0 Å². The summed E-state index contributed by atoms with van der Waals surface area (Å²) in [6.45, 7) is 67.4. The summed E-state index contributed by atoms with van der Waals surface area (Å²) in [5.41, 5.74) is 27.7. The molecule has 0 fully saturated rings. The first-order valence-electron chi connectivity index (χ1n) is 33.7. The van der Waals surface area contributed by atoms with Crippen LogP contribution < -0.4 is 39.0 Å². The average Bonchev–Trinajstić information content (AvgIpc) is 0.842. The summed E-state index contributed by atoms with van der Waals surface area (Å²) in [5, 5.41) is 6.24. The molecule has 8 aromatic rings. The topological polar surface area (TPSA) is 15.5 Å². The molecule has 4 heterocycles. The van der Waals surface area contributed by atoms with Gasteiger partial charge >= 0.3 is 0 Å². The van der Waals surface area contributed by atoms with Gasteiger partial charge in [0.05, 0.1) is 32.3 Å². The van der Waals surface area contributed by atoms with Crippen LogP contribution in [0, 0.1) is 61.3 Å². The van der Waals surface area contributed by atoms with Crippen molar-refractivity contribution in [2.75, 3.05) is 0 Å². The summed E-state index contributed by atoms with van der Waals surface area (Å²) in [6, 6.07) is 37.0. The number of hydrogen-bond donors (Lipinski definition) is 0. The molecule has 0 aliphatic rings. The lowest BCUT2D eigenvalue weighted by molar-refractivity contribution is -0.659. The van der Waals surface area contributed by atoms with E-state index in [0.717, 1.165) is 6.42 Å². The van der Waals surface area contributed by atoms with Gasteiger partial charge < -0.3 is 0 Å². The van der Waals surface area contributed by atoms with E-state index in [-0.39, 0.29) is 5.41 Å². The molecule has 0 saturated carbocycles. The Kier molecular flexibility index (Phi) is 24.6. The molecule has 4 aromatic carbocycles. The predicted molar refractivity (Wildman–Crippen MR) is 407 cm³/mol. The molecule has 0 saturated heterocycles. The Bertz CT molecular complexity index is 3830.